The predicted molar refractivity (Wildman–Crippen MR) is 121 cm³/mol. The lowest BCUT2D eigenvalue weighted by Crippen LogP contribution is -2.35. The zero-order valence-electron chi connectivity index (χ0n) is 17.4. The van der Waals surface area contributed by atoms with E-state index in [9.17, 15) is 12.8 Å². The van der Waals surface area contributed by atoms with Gasteiger partial charge in [-0.05, 0) is 31.2 Å². The number of fused-ring (bicyclic) bond motifs is 1. The molecule has 0 spiro atoms. The Labute approximate surface area is 190 Å². The zero-order valence-corrected chi connectivity index (χ0v) is 19.0. The standard InChI is InChI=1S/C21H24ClFN6O2S/c22-14-7-16-17(9-25-19(16)24-8-14)20-26-10-18(23)21(28-20)27-15-5-6-29(11-15)32(30,31)12-13-3-1-2-4-13/h7-10,13,15H,1-6,11-12H2,(H,24,25)(H,26,27,28)/t15-/m0/s1. The molecule has 0 amide bonds. The molecule has 1 saturated carbocycles. The average Bonchev–Trinajstić information content (AvgIpc) is 3.50. The molecule has 170 valence electrons. The van der Waals surface area contributed by atoms with Crippen molar-refractivity contribution in [2.75, 3.05) is 24.2 Å². The summed E-state index contributed by atoms with van der Waals surface area (Å²) in [7, 11) is -3.31. The molecule has 0 aromatic carbocycles. The smallest absolute Gasteiger partial charge is 0.214 e. The van der Waals surface area contributed by atoms with Crippen molar-refractivity contribution in [2.45, 2.75) is 38.1 Å². The summed E-state index contributed by atoms with van der Waals surface area (Å²) in [6.07, 6.45) is 9.14. The van der Waals surface area contributed by atoms with Crippen LogP contribution in [-0.4, -0.2) is 57.5 Å². The van der Waals surface area contributed by atoms with Crippen molar-refractivity contribution >= 4 is 38.5 Å². The first-order valence-corrected chi connectivity index (χ1v) is 12.8. The van der Waals surface area contributed by atoms with Gasteiger partial charge < -0.3 is 10.3 Å². The summed E-state index contributed by atoms with van der Waals surface area (Å²) in [6.45, 7) is 0.735. The maximum Gasteiger partial charge on any atom is 0.214 e. The number of hydrogen-bond donors (Lipinski definition) is 2. The van der Waals surface area contributed by atoms with Crippen LogP contribution in [0.4, 0.5) is 10.2 Å². The molecule has 2 aliphatic rings. The lowest BCUT2D eigenvalue weighted by Gasteiger charge is -2.19. The van der Waals surface area contributed by atoms with E-state index in [-0.39, 0.29) is 23.5 Å². The van der Waals surface area contributed by atoms with E-state index in [1.54, 1.807) is 12.3 Å². The van der Waals surface area contributed by atoms with Crippen molar-refractivity contribution in [3.63, 3.8) is 0 Å². The molecule has 3 aromatic heterocycles. The van der Waals surface area contributed by atoms with Gasteiger partial charge in [0, 0.05) is 42.5 Å². The van der Waals surface area contributed by atoms with Gasteiger partial charge in [-0.25, -0.2) is 27.8 Å². The van der Waals surface area contributed by atoms with Crippen LogP contribution >= 0.6 is 11.6 Å². The third kappa shape index (κ3) is 4.31. The molecule has 4 heterocycles. The highest BCUT2D eigenvalue weighted by Crippen LogP contribution is 2.30. The number of H-pyrrole nitrogens is 1. The van der Waals surface area contributed by atoms with E-state index in [2.05, 4.69) is 25.3 Å². The van der Waals surface area contributed by atoms with Crippen LogP contribution in [0.3, 0.4) is 0 Å². The number of aromatic amines is 1. The first-order chi connectivity index (χ1) is 15.4. The van der Waals surface area contributed by atoms with E-state index >= 15 is 0 Å². The first kappa shape index (κ1) is 21.5. The number of pyridine rings is 1. The van der Waals surface area contributed by atoms with E-state index in [0.717, 1.165) is 37.3 Å². The van der Waals surface area contributed by atoms with Crippen LogP contribution in [0, 0.1) is 11.7 Å². The molecule has 32 heavy (non-hydrogen) atoms. The topological polar surface area (TPSA) is 104 Å². The number of aromatic nitrogens is 4. The second kappa shape index (κ2) is 8.57. The summed E-state index contributed by atoms with van der Waals surface area (Å²) < 4.78 is 41.6. The average molecular weight is 479 g/mol. The van der Waals surface area contributed by atoms with Gasteiger partial charge in [0.05, 0.1) is 17.0 Å². The first-order valence-electron chi connectivity index (χ1n) is 10.8. The molecule has 1 aliphatic heterocycles. The van der Waals surface area contributed by atoms with Crippen LogP contribution in [0.1, 0.15) is 32.1 Å². The van der Waals surface area contributed by atoms with Gasteiger partial charge >= 0.3 is 0 Å². The van der Waals surface area contributed by atoms with Gasteiger partial charge in [0.15, 0.2) is 17.5 Å². The second-order valence-electron chi connectivity index (χ2n) is 8.56. The Kier molecular flexibility index (Phi) is 5.77. The van der Waals surface area contributed by atoms with Crippen LogP contribution in [0.5, 0.6) is 0 Å². The lowest BCUT2D eigenvalue weighted by molar-refractivity contribution is 0.460. The fourth-order valence-electron chi connectivity index (χ4n) is 4.63. The van der Waals surface area contributed by atoms with E-state index < -0.39 is 15.8 Å². The van der Waals surface area contributed by atoms with E-state index in [4.69, 9.17) is 11.6 Å². The molecule has 1 atom stereocenters. The molecule has 2 fully saturated rings. The van der Waals surface area contributed by atoms with Crippen molar-refractivity contribution in [1.29, 1.82) is 0 Å². The molecular weight excluding hydrogens is 455 g/mol. The Bertz CT molecular complexity index is 1240. The minimum Gasteiger partial charge on any atom is -0.363 e. The zero-order chi connectivity index (χ0) is 22.3. The molecule has 0 unspecified atom stereocenters. The Morgan fingerprint density at radius 3 is 2.84 bits per heavy atom. The second-order valence-corrected chi connectivity index (χ2v) is 11.0. The fraction of sp³-hybridized carbons (Fsp3) is 0.476. The van der Waals surface area contributed by atoms with Crippen molar-refractivity contribution in [1.82, 2.24) is 24.2 Å². The third-order valence-electron chi connectivity index (χ3n) is 6.29. The molecule has 0 bridgehead atoms. The maximum absolute atomic E-state index is 14.5. The highest BCUT2D eigenvalue weighted by atomic mass is 35.5. The maximum atomic E-state index is 14.5. The molecule has 1 saturated heterocycles. The van der Waals surface area contributed by atoms with E-state index in [1.165, 1.54) is 10.5 Å². The third-order valence-corrected chi connectivity index (χ3v) is 8.51. The van der Waals surface area contributed by atoms with Gasteiger partial charge in [-0.3, -0.25) is 0 Å². The minimum atomic E-state index is -3.31. The van der Waals surface area contributed by atoms with Crippen LogP contribution < -0.4 is 5.32 Å². The Morgan fingerprint density at radius 1 is 1.22 bits per heavy atom. The molecule has 0 radical (unpaired) electrons. The number of hydrogen-bond acceptors (Lipinski definition) is 6. The summed E-state index contributed by atoms with van der Waals surface area (Å²) in [4.78, 5) is 15.8. The van der Waals surface area contributed by atoms with Crippen molar-refractivity contribution < 1.29 is 12.8 Å². The summed E-state index contributed by atoms with van der Waals surface area (Å²) in [5.41, 5.74) is 1.29. The van der Waals surface area contributed by atoms with Crippen LogP contribution in [0.2, 0.25) is 5.02 Å². The summed E-state index contributed by atoms with van der Waals surface area (Å²) >= 11 is 6.07. The van der Waals surface area contributed by atoms with Gasteiger partial charge in [0.1, 0.15) is 5.65 Å². The monoisotopic (exact) mass is 478 g/mol. The highest BCUT2D eigenvalue weighted by Gasteiger charge is 2.34. The molecule has 11 heteroatoms. The number of nitrogens with zero attached hydrogens (tertiary/aromatic N) is 4. The SMILES string of the molecule is O=S(=O)(CC1CCCC1)N1CC[C@H](Nc2nc(-c3c[nH]c4ncc(Cl)cc34)ncc2F)C1. The van der Waals surface area contributed by atoms with Crippen molar-refractivity contribution in [3.05, 3.63) is 35.5 Å². The predicted octanol–water partition coefficient (Wildman–Crippen LogP) is 3.82. The summed E-state index contributed by atoms with van der Waals surface area (Å²) in [5, 5.41) is 4.29. The lowest BCUT2D eigenvalue weighted by atomic mass is 10.1. The molecule has 3 aromatic rings. The van der Waals surface area contributed by atoms with Crippen LogP contribution in [0.15, 0.2) is 24.7 Å². The summed E-state index contributed by atoms with van der Waals surface area (Å²) in [5.74, 6) is 0.264. The van der Waals surface area contributed by atoms with Crippen LogP contribution in [0.25, 0.3) is 22.4 Å². The Hall–Kier alpha value is -2.30. The quantitative estimate of drug-likeness (QED) is 0.558. The van der Waals surface area contributed by atoms with Gasteiger partial charge in [-0.15, -0.1) is 0 Å². The number of sulfonamides is 1. The summed E-state index contributed by atoms with van der Waals surface area (Å²) in [6, 6.07) is 1.53. The largest absolute Gasteiger partial charge is 0.363 e. The minimum absolute atomic E-state index is 0.0550. The normalized spacial score (nSPS) is 20.4. The molecule has 2 N–H and O–H groups in total. The van der Waals surface area contributed by atoms with Gasteiger partial charge in [0.2, 0.25) is 10.0 Å². The molecule has 8 nitrogen and oxygen atoms in total. The fourth-order valence-corrected chi connectivity index (χ4v) is 6.72. The number of nitrogens with one attached hydrogen (secondary N) is 2. The van der Waals surface area contributed by atoms with Crippen molar-refractivity contribution in [2.24, 2.45) is 5.92 Å². The molecule has 5 rings (SSSR count). The van der Waals surface area contributed by atoms with E-state index in [1.807, 2.05) is 0 Å². The highest BCUT2D eigenvalue weighted by molar-refractivity contribution is 7.89. The Morgan fingerprint density at radius 2 is 2.03 bits per heavy atom. The van der Waals surface area contributed by atoms with Crippen LogP contribution in [-0.2, 0) is 10.0 Å². The number of rotatable bonds is 6. The number of halogens is 2. The van der Waals surface area contributed by atoms with E-state index in [0.29, 0.717) is 41.6 Å². The van der Waals surface area contributed by atoms with Gasteiger partial charge in [-0.1, -0.05) is 24.4 Å². The molecular formula is C21H24ClFN6O2S. The van der Waals surface area contributed by atoms with Gasteiger partial charge in [0.25, 0.3) is 0 Å². The van der Waals surface area contributed by atoms with Crippen molar-refractivity contribution in [3.8, 4) is 11.4 Å². The Balaban J connectivity index is 1.32. The van der Waals surface area contributed by atoms with Gasteiger partial charge in [-0.2, -0.15) is 4.31 Å². The molecule has 1 aliphatic carbocycles. The number of anilines is 1.